The van der Waals surface area contributed by atoms with Crippen molar-refractivity contribution in [3.05, 3.63) is 28.7 Å². The van der Waals surface area contributed by atoms with Gasteiger partial charge in [-0.2, -0.15) is 11.8 Å². The zero-order valence-electron chi connectivity index (χ0n) is 10.4. The van der Waals surface area contributed by atoms with Crippen molar-refractivity contribution in [3.8, 4) is 0 Å². The number of aliphatic hydroxyl groups excluding tert-OH is 1. The van der Waals surface area contributed by atoms with Crippen LogP contribution in [0.3, 0.4) is 0 Å². The molecule has 3 nitrogen and oxygen atoms in total. The molecule has 0 unspecified atom stereocenters. The fourth-order valence-electron chi connectivity index (χ4n) is 1.29. The minimum Gasteiger partial charge on any atom is -0.396 e. The average molecular weight is 332 g/mol. The van der Waals surface area contributed by atoms with E-state index in [2.05, 4.69) is 21.2 Å². The predicted molar refractivity (Wildman–Crippen MR) is 81.0 cm³/mol. The Morgan fingerprint density at radius 3 is 3.00 bits per heavy atom. The molecule has 1 amide bonds. The van der Waals surface area contributed by atoms with Crippen LogP contribution in [0.4, 0.5) is 5.69 Å². The van der Waals surface area contributed by atoms with Crippen LogP contribution < -0.4 is 5.32 Å². The fraction of sp³-hybridized carbons (Fsp3) is 0.462. The first-order valence-corrected chi connectivity index (χ1v) is 7.80. The first-order chi connectivity index (χ1) is 8.61. The van der Waals surface area contributed by atoms with Gasteiger partial charge in [0.25, 0.3) is 0 Å². The number of rotatable bonds is 7. The summed E-state index contributed by atoms with van der Waals surface area (Å²) in [5.41, 5.74) is 0.808. The molecule has 0 spiro atoms. The Hall–Kier alpha value is -0.520. The smallest absolute Gasteiger partial charge is 0.225 e. The first-order valence-electron chi connectivity index (χ1n) is 5.86. The molecule has 0 aliphatic carbocycles. The molecular formula is C13H18BrNO2S. The molecule has 0 aromatic heterocycles. The van der Waals surface area contributed by atoms with Gasteiger partial charge >= 0.3 is 0 Å². The van der Waals surface area contributed by atoms with E-state index >= 15 is 0 Å². The van der Waals surface area contributed by atoms with Gasteiger partial charge in [-0.1, -0.05) is 28.9 Å². The lowest BCUT2D eigenvalue weighted by Crippen LogP contribution is -2.13. The van der Waals surface area contributed by atoms with Crippen LogP contribution in [-0.2, 0) is 4.79 Å². The van der Waals surface area contributed by atoms with Crippen molar-refractivity contribution in [2.75, 3.05) is 23.4 Å². The van der Waals surface area contributed by atoms with Crippen molar-refractivity contribution in [3.63, 3.8) is 0 Å². The summed E-state index contributed by atoms with van der Waals surface area (Å²) in [4.78, 5) is 11.6. The van der Waals surface area contributed by atoms with E-state index in [1.165, 1.54) is 0 Å². The second-order valence-corrected chi connectivity index (χ2v) is 6.24. The molecule has 1 aromatic carbocycles. The predicted octanol–water partition coefficient (Wildman–Crippen LogP) is 3.14. The lowest BCUT2D eigenvalue weighted by molar-refractivity contribution is -0.115. The Balaban J connectivity index is 2.22. The molecule has 0 saturated carbocycles. The van der Waals surface area contributed by atoms with Crippen LogP contribution in [0.5, 0.6) is 0 Å². The number of amides is 1. The van der Waals surface area contributed by atoms with E-state index in [0.717, 1.165) is 21.7 Å². The van der Waals surface area contributed by atoms with Gasteiger partial charge in [-0.05, 0) is 29.9 Å². The van der Waals surface area contributed by atoms with Crippen molar-refractivity contribution in [2.45, 2.75) is 13.3 Å². The molecule has 1 aromatic rings. The molecule has 0 bridgehead atoms. The Morgan fingerprint density at radius 2 is 2.33 bits per heavy atom. The molecule has 5 heteroatoms. The van der Waals surface area contributed by atoms with Crippen molar-refractivity contribution in [1.82, 2.24) is 0 Å². The van der Waals surface area contributed by atoms with Crippen LogP contribution in [0.2, 0.25) is 0 Å². The summed E-state index contributed by atoms with van der Waals surface area (Å²) in [5.74, 6) is 1.99. The van der Waals surface area contributed by atoms with Gasteiger partial charge in [0.05, 0.1) is 0 Å². The lowest BCUT2D eigenvalue weighted by Gasteiger charge is -2.08. The SMILES string of the molecule is C[C@@H](CO)CSCCC(=O)Nc1cccc(Br)c1. The van der Waals surface area contributed by atoms with Crippen LogP contribution in [0.1, 0.15) is 13.3 Å². The molecule has 0 fully saturated rings. The number of hydrogen-bond acceptors (Lipinski definition) is 3. The van der Waals surface area contributed by atoms with Crippen molar-refractivity contribution in [2.24, 2.45) is 5.92 Å². The summed E-state index contributed by atoms with van der Waals surface area (Å²) < 4.78 is 0.950. The third-order valence-corrected chi connectivity index (χ3v) is 4.09. The second-order valence-electron chi connectivity index (χ2n) is 4.17. The largest absolute Gasteiger partial charge is 0.396 e. The van der Waals surface area contributed by atoms with Gasteiger partial charge in [0.2, 0.25) is 5.91 Å². The maximum absolute atomic E-state index is 11.6. The van der Waals surface area contributed by atoms with E-state index in [1.54, 1.807) is 11.8 Å². The first kappa shape index (κ1) is 15.5. The maximum Gasteiger partial charge on any atom is 0.225 e. The Kier molecular flexibility index (Phi) is 7.39. The van der Waals surface area contributed by atoms with Gasteiger partial charge in [-0.15, -0.1) is 0 Å². The van der Waals surface area contributed by atoms with Crippen molar-refractivity contribution >= 4 is 39.3 Å². The molecular weight excluding hydrogens is 314 g/mol. The minimum absolute atomic E-state index is 0.0252. The summed E-state index contributed by atoms with van der Waals surface area (Å²) in [6.07, 6.45) is 0.495. The third kappa shape index (κ3) is 6.42. The van der Waals surface area contributed by atoms with E-state index in [0.29, 0.717) is 12.3 Å². The van der Waals surface area contributed by atoms with Gasteiger partial charge in [0.15, 0.2) is 0 Å². The highest BCUT2D eigenvalue weighted by molar-refractivity contribution is 9.10. The number of benzene rings is 1. The standard InChI is InChI=1S/C13H18BrNO2S/c1-10(8-16)9-18-6-5-13(17)15-12-4-2-3-11(14)7-12/h2-4,7,10,16H,5-6,8-9H2,1H3,(H,15,17)/t10-/m0/s1. The Labute approximate surface area is 120 Å². The zero-order valence-corrected chi connectivity index (χ0v) is 12.8. The molecule has 1 rings (SSSR count). The second kappa shape index (κ2) is 8.56. The summed E-state index contributed by atoms with van der Waals surface area (Å²) >= 11 is 5.06. The van der Waals surface area contributed by atoms with E-state index in [4.69, 9.17) is 5.11 Å². The molecule has 0 aliphatic rings. The average Bonchev–Trinajstić information content (AvgIpc) is 2.34. The van der Waals surface area contributed by atoms with Crippen molar-refractivity contribution in [1.29, 1.82) is 0 Å². The van der Waals surface area contributed by atoms with E-state index in [-0.39, 0.29) is 12.5 Å². The van der Waals surface area contributed by atoms with Gasteiger partial charge in [0.1, 0.15) is 0 Å². The number of carbonyl (C=O) groups excluding carboxylic acids is 1. The van der Waals surface area contributed by atoms with E-state index in [9.17, 15) is 4.79 Å². The quantitative estimate of drug-likeness (QED) is 0.754. The number of hydrogen-bond donors (Lipinski definition) is 2. The highest BCUT2D eigenvalue weighted by Gasteiger charge is 2.04. The van der Waals surface area contributed by atoms with Gasteiger partial charge in [0, 0.05) is 28.9 Å². The normalized spacial score (nSPS) is 12.2. The fourth-order valence-corrected chi connectivity index (χ4v) is 2.70. The monoisotopic (exact) mass is 331 g/mol. The number of nitrogens with one attached hydrogen (secondary N) is 1. The molecule has 2 N–H and O–H groups in total. The number of halogens is 1. The molecule has 100 valence electrons. The third-order valence-electron chi connectivity index (χ3n) is 2.30. The highest BCUT2D eigenvalue weighted by Crippen LogP contribution is 2.16. The van der Waals surface area contributed by atoms with E-state index < -0.39 is 0 Å². The number of anilines is 1. The van der Waals surface area contributed by atoms with Gasteiger partial charge in [-0.3, -0.25) is 4.79 Å². The molecule has 0 aliphatic heterocycles. The van der Waals surface area contributed by atoms with Crippen LogP contribution in [-0.4, -0.2) is 29.1 Å². The topological polar surface area (TPSA) is 49.3 Å². The number of thioether (sulfide) groups is 1. The Bertz CT molecular complexity index is 387. The zero-order chi connectivity index (χ0) is 13.4. The molecule has 1 atom stereocenters. The molecule has 0 radical (unpaired) electrons. The number of aliphatic hydroxyl groups is 1. The highest BCUT2D eigenvalue weighted by atomic mass is 79.9. The van der Waals surface area contributed by atoms with Crippen LogP contribution in [0.25, 0.3) is 0 Å². The Morgan fingerprint density at radius 1 is 1.56 bits per heavy atom. The van der Waals surface area contributed by atoms with E-state index in [1.807, 2.05) is 31.2 Å². The summed E-state index contributed by atoms with van der Waals surface area (Å²) in [6, 6.07) is 7.54. The van der Waals surface area contributed by atoms with Crippen LogP contribution in [0.15, 0.2) is 28.7 Å². The molecule has 0 heterocycles. The molecule has 0 saturated heterocycles. The maximum atomic E-state index is 11.6. The molecule has 18 heavy (non-hydrogen) atoms. The van der Waals surface area contributed by atoms with Gasteiger partial charge < -0.3 is 10.4 Å². The van der Waals surface area contributed by atoms with Gasteiger partial charge in [-0.25, -0.2) is 0 Å². The summed E-state index contributed by atoms with van der Waals surface area (Å²) in [7, 11) is 0. The summed E-state index contributed by atoms with van der Waals surface area (Å²) in [5, 5.41) is 11.7. The van der Waals surface area contributed by atoms with Crippen molar-refractivity contribution < 1.29 is 9.90 Å². The van der Waals surface area contributed by atoms with Crippen LogP contribution >= 0.6 is 27.7 Å². The number of carbonyl (C=O) groups is 1. The summed E-state index contributed by atoms with van der Waals surface area (Å²) in [6.45, 7) is 2.20. The van der Waals surface area contributed by atoms with Crippen LogP contribution in [0, 0.1) is 5.92 Å². The lowest BCUT2D eigenvalue weighted by atomic mass is 10.2. The minimum atomic E-state index is 0.0252.